The van der Waals surface area contributed by atoms with E-state index in [9.17, 15) is 0 Å². The smallest absolute Gasteiger partial charge is 0.162 e. The summed E-state index contributed by atoms with van der Waals surface area (Å²) in [5.41, 5.74) is 3.92. The maximum atomic E-state index is 5.61. The van der Waals surface area contributed by atoms with Gasteiger partial charge in [0.2, 0.25) is 0 Å². The van der Waals surface area contributed by atoms with Crippen molar-refractivity contribution in [2.24, 2.45) is 0 Å². The van der Waals surface area contributed by atoms with Crippen LogP contribution in [0.3, 0.4) is 0 Å². The molecule has 2 saturated heterocycles. The number of nitrogens with zero attached hydrogens (tertiary/aromatic N) is 6. The zero-order valence-electron chi connectivity index (χ0n) is 25.1. The van der Waals surface area contributed by atoms with Gasteiger partial charge in [0.1, 0.15) is 0 Å². The fraction of sp³-hybridized carbons (Fsp3) is 0.364. The van der Waals surface area contributed by atoms with Crippen LogP contribution in [0.15, 0.2) is 68.0 Å². The van der Waals surface area contributed by atoms with Gasteiger partial charge in [0.05, 0.1) is 35.1 Å². The summed E-state index contributed by atoms with van der Waals surface area (Å²) in [6.45, 7) is 20.3. The Bertz CT molecular complexity index is 1530. The van der Waals surface area contributed by atoms with Crippen molar-refractivity contribution < 1.29 is 4.74 Å². The highest BCUT2D eigenvalue weighted by Gasteiger charge is 2.22. The van der Waals surface area contributed by atoms with E-state index in [2.05, 4.69) is 82.0 Å². The molecule has 0 saturated carbocycles. The third-order valence-corrected chi connectivity index (χ3v) is 8.47. The lowest BCUT2D eigenvalue weighted by atomic mass is 10.1. The van der Waals surface area contributed by atoms with Gasteiger partial charge in [-0.25, -0.2) is 9.97 Å². The number of aromatic amines is 1. The number of terminal acetylenes is 1. The number of benzene rings is 1. The molecular formula is C33H42N8OS. The quantitative estimate of drug-likeness (QED) is 0.122. The molecule has 2 N–H and O–H groups in total. The predicted molar refractivity (Wildman–Crippen MR) is 180 cm³/mol. The molecule has 4 aromatic rings. The van der Waals surface area contributed by atoms with Gasteiger partial charge in [-0.1, -0.05) is 31.4 Å². The lowest BCUT2D eigenvalue weighted by molar-refractivity contribution is 0.122. The molecule has 6 rings (SSSR count). The van der Waals surface area contributed by atoms with Crippen LogP contribution in [0.25, 0.3) is 32.5 Å². The summed E-state index contributed by atoms with van der Waals surface area (Å²) in [5, 5.41) is 11.4. The maximum absolute atomic E-state index is 5.61. The third kappa shape index (κ3) is 8.30. The van der Waals surface area contributed by atoms with Crippen LogP contribution < -0.4 is 10.2 Å². The van der Waals surface area contributed by atoms with Crippen LogP contribution in [0.1, 0.15) is 11.3 Å². The fourth-order valence-electron chi connectivity index (χ4n) is 4.95. The number of hydrogen-bond acceptors (Lipinski definition) is 9. The van der Waals surface area contributed by atoms with Gasteiger partial charge in [0.25, 0.3) is 0 Å². The van der Waals surface area contributed by atoms with Gasteiger partial charge in [-0.2, -0.15) is 5.10 Å². The molecule has 3 aromatic heterocycles. The number of nitrogens with one attached hydrogen (secondary N) is 2. The number of allylic oxidation sites excluding steroid dienone is 1. The molecule has 0 unspecified atom stereocenters. The van der Waals surface area contributed by atoms with Crippen molar-refractivity contribution in [3.8, 4) is 24.2 Å². The first-order valence-corrected chi connectivity index (χ1v) is 15.3. The molecule has 43 heavy (non-hydrogen) atoms. The van der Waals surface area contributed by atoms with Crippen molar-refractivity contribution in [2.75, 3.05) is 71.0 Å². The Labute approximate surface area is 259 Å². The van der Waals surface area contributed by atoms with Crippen LogP contribution in [0.2, 0.25) is 0 Å². The van der Waals surface area contributed by atoms with Crippen LogP contribution in [0.5, 0.6) is 0 Å². The monoisotopic (exact) mass is 598 g/mol. The number of aromatic nitrogens is 4. The second-order valence-corrected chi connectivity index (χ2v) is 11.5. The number of rotatable bonds is 9. The van der Waals surface area contributed by atoms with Crippen LogP contribution in [0.4, 0.5) is 5.82 Å². The average Bonchev–Trinajstić information content (AvgIpc) is 3.70. The molecule has 1 aromatic carbocycles. The van der Waals surface area contributed by atoms with Gasteiger partial charge >= 0.3 is 0 Å². The Kier molecular flexibility index (Phi) is 11.9. The molecule has 2 fully saturated rings. The minimum atomic E-state index is 0.734. The first-order chi connectivity index (χ1) is 21.1. The van der Waals surface area contributed by atoms with E-state index in [1.165, 1.54) is 9.58 Å². The number of fused-ring (bicyclic) bond motifs is 2. The van der Waals surface area contributed by atoms with Crippen LogP contribution in [-0.4, -0.2) is 96.0 Å². The maximum Gasteiger partial charge on any atom is 0.162 e. The summed E-state index contributed by atoms with van der Waals surface area (Å²) in [7, 11) is 2.20. The van der Waals surface area contributed by atoms with E-state index in [4.69, 9.17) is 14.7 Å². The minimum Gasteiger partial charge on any atom is -0.385 e. The lowest BCUT2D eigenvalue weighted by Gasteiger charge is -2.31. The van der Waals surface area contributed by atoms with Gasteiger partial charge in [-0.3, -0.25) is 10.00 Å². The summed E-state index contributed by atoms with van der Waals surface area (Å²) < 4.78 is 6.78. The van der Waals surface area contributed by atoms with E-state index in [1.54, 1.807) is 6.08 Å². The largest absolute Gasteiger partial charge is 0.385 e. The van der Waals surface area contributed by atoms with Crippen molar-refractivity contribution in [2.45, 2.75) is 13.0 Å². The van der Waals surface area contributed by atoms with E-state index in [1.807, 2.05) is 35.7 Å². The fourth-order valence-corrected chi connectivity index (χ4v) is 6.10. The number of ether oxygens (including phenoxy) is 1. The molecule has 5 heterocycles. The second kappa shape index (κ2) is 16.0. The van der Waals surface area contributed by atoms with Gasteiger partial charge in [0.15, 0.2) is 11.6 Å². The molecule has 0 atom stereocenters. The summed E-state index contributed by atoms with van der Waals surface area (Å²) in [6, 6.07) is 8.42. The lowest BCUT2D eigenvalue weighted by Crippen LogP contribution is -2.43. The molecule has 9 nitrogen and oxygen atoms in total. The second-order valence-electron chi connectivity index (χ2n) is 10.3. The topological polar surface area (TPSA) is 85.4 Å². The molecular weight excluding hydrogens is 556 g/mol. The van der Waals surface area contributed by atoms with Crippen LogP contribution in [0, 0.1) is 12.8 Å². The molecule has 2 aliphatic rings. The van der Waals surface area contributed by atoms with Gasteiger partial charge < -0.3 is 19.9 Å². The highest BCUT2D eigenvalue weighted by atomic mass is 32.1. The van der Waals surface area contributed by atoms with Crippen LogP contribution >= 0.6 is 11.3 Å². The molecule has 0 radical (unpaired) electrons. The Morgan fingerprint density at radius 3 is 2.60 bits per heavy atom. The molecule has 0 bridgehead atoms. The van der Waals surface area contributed by atoms with E-state index >= 15 is 0 Å². The molecule has 10 heteroatoms. The zero-order chi connectivity index (χ0) is 30.6. The summed E-state index contributed by atoms with van der Waals surface area (Å²) in [4.78, 5) is 18.8. The first-order valence-electron chi connectivity index (χ1n) is 14.5. The number of anilines is 1. The molecule has 2 aliphatic heterocycles. The Morgan fingerprint density at radius 1 is 1.12 bits per heavy atom. The standard InChI is InChI=1S/C23H27N7OS.C8H13N.C2H2/c1-28-5-7-29(8-6-28)15-16-13-20-21(32-16)23(30-9-11-31-12-10-30)26-22(25-20)17-3-2-4-19-18(17)14-24-27-19;1-4-6-7-9-8(3)5-2;1-2/h2-4,13-14H,5-12,15H2,1H3,(H,24,27);4-5,9H,1-3,6-7H2;1-2H. The summed E-state index contributed by atoms with van der Waals surface area (Å²) in [5.74, 6) is 1.79. The van der Waals surface area contributed by atoms with E-state index in [-0.39, 0.29) is 0 Å². The average molecular weight is 599 g/mol. The van der Waals surface area contributed by atoms with Gasteiger partial charge in [0, 0.05) is 73.9 Å². The SMILES string of the molecule is C#C.C=CCCNC(=C)C=C.CN1CCN(Cc2cc3nc(-c4cccc5[nH]ncc45)nc(N4CCOCC4)c3s2)CC1. The van der Waals surface area contributed by atoms with E-state index in [0.29, 0.717) is 0 Å². The third-order valence-electron chi connectivity index (χ3n) is 7.36. The summed E-state index contributed by atoms with van der Waals surface area (Å²) >= 11 is 1.84. The van der Waals surface area contributed by atoms with Crippen molar-refractivity contribution in [1.29, 1.82) is 0 Å². The summed E-state index contributed by atoms with van der Waals surface area (Å²) in [6.07, 6.45) is 14.4. The number of piperazine rings is 1. The Balaban J connectivity index is 0.000000333. The number of H-pyrrole nitrogens is 1. The predicted octanol–water partition coefficient (Wildman–Crippen LogP) is 4.92. The van der Waals surface area contributed by atoms with E-state index < -0.39 is 0 Å². The van der Waals surface area contributed by atoms with Crippen molar-refractivity contribution in [3.63, 3.8) is 0 Å². The molecule has 226 valence electrons. The van der Waals surface area contributed by atoms with Crippen molar-refractivity contribution >= 4 is 38.3 Å². The van der Waals surface area contributed by atoms with Crippen LogP contribution in [-0.2, 0) is 11.3 Å². The van der Waals surface area contributed by atoms with E-state index in [0.717, 1.165) is 111 Å². The normalized spacial score (nSPS) is 15.7. The van der Waals surface area contributed by atoms with Gasteiger partial charge in [-0.05, 0) is 31.7 Å². The van der Waals surface area contributed by atoms with Crippen molar-refractivity contribution in [1.82, 2.24) is 35.3 Å². The number of thiophene rings is 1. The number of morpholine rings is 1. The Morgan fingerprint density at radius 2 is 1.88 bits per heavy atom. The molecule has 0 amide bonds. The zero-order valence-corrected chi connectivity index (χ0v) is 25.9. The minimum absolute atomic E-state index is 0.734. The number of likely N-dealkylation sites (N-methyl/N-ethyl adjacent to an activating group) is 1. The highest BCUT2D eigenvalue weighted by molar-refractivity contribution is 7.19. The highest BCUT2D eigenvalue weighted by Crippen LogP contribution is 2.36. The molecule has 0 spiro atoms. The molecule has 0 aliphatic carbocycles. The van der Waals surface area contributed by atoms with Gasteiger partial charge in [-0.15, -0.1) is 30.8 Å². The Hall–Kier alpha value is -4.01. The first kappa shape index (κ1) is 31.9. The van der Waals surface area contributed by atoms with Crippen molar-refractivity contribution in [3.05, 3.63) is 72.9 Å². The number of hydrogen-bond donors (Lipinski definition) is 2.